The van der Waals surface area contributed by atoms with Gasteiger partial charge >= 0.3 is 0 Å². The summed E-state index contributed by atoms with van der Waals surface area (Å²) in [5.41, 5.74) is 5.37. The Hall–Kier alpha value is -0.700. The zero-order valence-electron chi connectivity index (χ0n) is 4.69. The van der Waals surface area contributed by atoms with Gasteiger partial charge in [-0.05, 0) is 24.8 Å². The average molecular weight is 144 g/mol. The lowest BCUT2D eigenvalue weighted by Crippen LogP contribution is -1.89. The van der Waals surface area contributed by atoms with E-state index in [1.807, 2.05) is 0 Å². The minimum Gasteiger partial charge on any atom is -0.396 e. The first-order valence-electron chi connectivity index (χ1n) is 2.47. The smallest absolute Gasteiger partial charge is 0.153 e. The van der Waals surface area contributed by atoms with Crippen molar-refractivity contribution in [1.29, 1.82) is 0 Å². The number of hydrogen-bond donors (Lipinski definition) is 1. The Bertz CT molecular complexity index is 224. The molecule has 0 radical (unpaired) electrons. The fourth-order valence-electron chi connectivity index (χ4n) is 0.527. The maximum atomic E-state index is 12.4. The topological polar surface area (TPSA) is 26.0 Å². The Morgan fingerprint density at radius 2 is 2.11 bits per heavy atom. The fraction of sp³-hybridized carbons (Fsp3) is 0. The molecule has 0 heterocycles. The number of hydrogen-bond acceptors (Lipinski definition) is 1. The SMILES string of the molecule is Nc1ccc([SH2+])cc1F. The van der Waals surface area contributed by atoms with Crippen LogP contribution in [0.5, 0.6) is 0 Å². The maximum absolute atomic E-state index is 12.4. The molecule has 0 amide bonds. The van der Waals surface area contributed by atoms with E-state index in [1.165, 1.54) is 12.1 Å². The number of halogens is 1. The molecule has 9 heavy (non-hydrogen) atoms. The lowest BCUT2D eigenvalue weighted by atomic mass is 10.3. The summed E-state index contributed by atoms with van der Waals surface area (Å²) in [5.74, 6) is -0.387. The van der Waals surface area contributed by atoms with Crippen molar-refractivity contribution in [3.8, 4) is 0 Å². The number of rotatable bonds is 0. The van der Waals surface area contributed by atoms with Crippen molar-refractivity contribution in [3.63, 3.8) is 0 Å². The van der Waals surface area contributed by atoms with Crippen LogP contribution >= 0.6 is 0 Å². The molecule has 1 aromatic rings. The largest absolute Gasteiger partial charge is 0.396 e. The van der Waals surface area contributed by atoms with E-state index in [0.29, 0.717) is 4.90 Å². The predicted octanol–water partition coefficient (Wildman–Crippen LogP) is 0.778. The monoisotopic (exact) mass is 144 g/mol. The van der Waals surface area contributed by atoms with Crippen LogP contribution in [0.15, 0.2) is 23.1 Å². The van der Waals surface area contributed by atoms with Crippen LogP contribution in [0, 0.1) is 5.82 Å². The lowest BCUT2D eigenvalue weighted by Gasteiger charge is -1.91. The lowest BCUT2D eigenvalue weighted by molar-refractivity contribution is 0.629. The van der Waals surface area contributed by atoms with Crippen molar-refractivity contribution in [2.45, 2.75) is 4.90 Å². The van der Waals surface area contributed by atoms with E-state index in [9.17, 15) is 4.39 Å². The first-order valence-corrected chi connectivity index (χ1v) is 2.97. The molecule has 0 saturated carbocycles. The Labute approximate surface area is 58.1 Å². The molecule has 2 N–H and O–H groups in total. The van der Waals surface area contributed by atoms with Crippen LogP contribution in [0.2, 0.25) is 0 Å². The molecule has 0 aliphatic heterocycles. The fourth-order valence-corrected chi connectivity index (χ4v) is 0.737. The van der Waals surface area contributed by atoms with E-state index in [1.54, 1.807) is 6.07 Å². The molecule has 0 aliphatic carbocycles. The molecule has 1 aromatic carbocycles. The summed E-state index contributed by atoms with van der Waals surface area (Å²) < 4.78 is 12.4. The summed E-state index contributed by atoms with van der Waals surface area (Å²) in [6.07, 6.45) is 0. The van der Waals surface area contributed by atoms with Gasteiger partial charge in [0.1, 0.15) is 0 Å². The predicted molar refractivity (Wildman–Crippen MR) is 39.2 cm³/mol. The van der Waals surface area contributed by atoms with E-state index >= 15 is 0 Å². The van der Waals surface area contributed by atoms with Gasteiger partial charge in [-0.25, -0.2) is 4.39 Å². The van der Waals surface area contributed by atoms with Crippen molar-refractivity contribution < 1.29 is 4.39 Å². The Kier molecular flexibility index (Phi) is 1.62. The zero-order chi connectivity index (χ0) is 6.85. The van der Waals surface area contributed by atoms with Gasteiger partial charge in [-0.1, -0.05) is 0 Å². The number of benzene rings is 1. The highest BCUT2D eigenvalue weighted by Crippen LogP contribution is 2.10. The van der Waals surface area contributed by atoms with Crippen molar-refractivity contribution >= 4 is 18.3 Å². The van der Waals surface area contributed by atoms with Crippen molar-refractivity contribution in [2.75, 3.05) is 5.73 Å². The van der Waals surface area contributed by atoms with Gasteiger partial charge < -0.3 is 5.73 Å². The van der Waals surface area contributed by atoms with Crippen molar-refractivity contribution in [2.24, 2.45) is 0 Å². The molecule has 0 unspecified atom stereocenters. The summed E-state index contributed by atoms with van der Waals surface area (Å²) in [6.45, 7) is 0. The first-order chi connectivity index (χ1) is 4.20. The molecule has 0 bridgehead atoms. The standard InChI is InChI=1S/C6H6FNS/c7-5-3-4(9)1-2-6(5)8/h1-3,9H,8H2/p+1. The summed E-state index contributed by atoms with van der Waals surface area (Å²) >= 11 is 3.15. The molecule has 48 valence electrons. The molecular formula is C6H7FNS+. The van der Waals surface area contributed by atoms with Gasteiger partial charge in [0, 0.05) is 6.07 Å². The molecular weight excluding hydrogens is 137 g/mol. The summed E-state index contributed by atoms with van der Waals surface area (Å²) in [5, 5.41) is 0. The quantitative estimate of drug-likeness (QED) is 0.422. The Morgan fingerprint density at radius 1 is 1.44 bits per heavy atom. The van der Waals surface area contributed by atoms with Gasteiger partial charge in [-0.3, -0.25) is 0 Å². The third-order valence-electron chi connectivity index (χ3n) is 1.00. The Morgan fingerprint density at radius 3 is 2.56 bits per heavy atom. The average Bonchev–Trinajstić information content (AvgIpc) is 1.80. The number of nitrogen functional groups attached to an aromatic ring is 1. The van der Waals surface area contributed by atoms with Crippen molar-refractivity contribution in [3.05, 3.63) is 24.0 Å². The van der Waals surface area contributed by atoms with Crippen LogP contribution < -0.4 is 5.73 Å². The normalized spacial score (nSPS) is 9.56. The van der Waals surface area contributed by atoms with Crippen LogP contribution in [-0.2, 0) is 12.6 Å². The van der Waals surface area contributed by atoms with Crippen molar-refractivity contribution in [1.82, 2.24) is 0 Å². The van der Waals surface area contributed by atoms with Crippen LogP contribution in [0.4, 0.5) is 10.1 Å². The molecule has 0 spiro atoms. The second-order valence-electron chi connectivity index (χ2n) is 1.74. The Balaban J connectivity index is 3.17. The summed E-state index contributed by atoms with van der Waals surface area (Å²) in [7, 11) is 0. The molecule has 0 saturated heterocycles. The number of anilines is 1. The van der Waals surface area contributed by atoms with E-state index in [2.05, 4.69) is 12.6 Å². The van der Waals surface area contributed by atoms with Gasteiger partial charge in [0.2, 0.25) is 0 Å². The highest BCUT2D eigenvalue weighted by atomic mass is 32.1. The van der Waals surface area contributed by atoms with Gasteiger partial charge in [0.05, 0.1) is 5.69 Å². The molecule has 3 heteroatoms. The van der Waals surface area contributed by atoms with Crippen LogP contribution in [0.1, 0.15) is 0 Å². The van der Waals surface area contributed by atoms with Crippen LogP contribution in [0.25, 0.3) is 0 Å². The molecule has 0 aromatic heterocycles. The maximum Gasteiger partial charge on any atom is 0.153 e. The first kappa shape index (κ1) is 6.42. The van der Waals surface area contributed by atoms with Gasteiger partial charge in [-0.2, -0.15) is 0 Å². The molecule has 0 aliphatic rings. The van der Waals surface area contributed by atoms with E-state index in [4.69, 9.17) is 5.73 Å². The molecule has 1 nitrogen and oxygen atoms in total. The van der Waals surface area contributed by atoms with Gasteiger partial charge in [-0.15, -0.1) is 0 Å². The summed E-state index contributed by atoms with van der Waals surface area (Å²) in [6, 6.07) is 4.53. The second-order valence-corrected chi connectivity index (χ2v) is 2.31. The number of nitrogens with two attached hydrogens (primary N) is 1. The van der Waals surface area contributed by atoms with E-state index in [0.717, 1.165) is 0 Å². The van der Waals surface area contributed by atoms with Crippen LogP contribution in [-0.4, -0.2) is 0 Å². The summed E-state index contributed by atoms with van der Waals surface area (Å²) in [4.78, 5) is 0.696. The third-order valence-corrected chi connectivity index (χ3v) is 1.31. The molecule has 1 rings (SSSR count). The molecule has 0 fully saturated rings. The van der Waals surface area contributed by atoms with E-state index in [-0.39, 0.29) is 11.5 Å². The highest BCUT2D eigenvalue weighted by molar-refractivity contribution is 7.58. The highest BCUT2D eigenvalue weighted by Gasteiger charge is 1.98. The zero-order valence-corrected chi connectivity index (χ0v) is 5.69. The van der Waals surface area contributed by atoms with Gasteiger partial charge in [0.15, 0.2) is 10.7 Å². The minimum absolute atomic E-state index is 0.178. The second kappa shape index (κ2) is 2.27. The van der Waals surface area contributed by atoms with E-state index < -0.39 is 0 Å². The minimum atomic E-state index is -0.387. The third kappa shape index (κ3) is 1.36. The van der Waals surface area contributed by atoms with Gasteiger partial charge in [0.25, 0.3) is 0 Å². The van der Waals surface area contributed by atoms with Crippen LogP contribution in [0.3, 0.4) is 0 Å². The molecule has 0 atom stereocenters.